The number of piperidine rings is 1. The summed E-state index contributed by atoms with van der Waals surface area (Å²) in [5.74, 6) is 3.31. The molecule has 47 heavy (non-hydrogen) atoms. The summed E-state index contributed by atoms with van der Waals surface area (Å²) < 4.78 is 35.7. The van der Waals surface area contributed by atoms with Crippen molar-refractivity contribution in [2.45, 2.75) is 75.8 Å². The first-order chi connectivity index (χ1) is 22.9. The average Bonchev–Trinajstić information content (AvgIpc) is 3.50. The number of nitrogens with one attached hydrogen (secondary N) is 1. The van der Waals surface area contributed by atoms with E-state index >= 15 is 0 Å². The fourth-order valence-electron chi connectivity index (χ4n) is 7.27. The first-order valence-corrected chi connectivity index (χ1v) is 17.0. The zero-order valence-corrected chi connectivity index (χ0v) is 27.0. The number of ether oxygens (including phenoxy) is 3. The molecule has 9 nitrogen and oxygen atoms in total. The molecule has 0 spiro atoms. The predicted molar refractivity (Wildman–Crippen MR) is 175 cm³/mol. The molecule has 2 atom stereocenters. The maximum absolute atomic E-state index is 14.9. The summed E-state index contributed by atoms with van der Waals surface area (Å²) in [5, 5.41) is 9.14. The van der Waals surface area contributed by atoms with E-state index in [1.165, 1.54) is 18.9 Å². The van der Waals surface area contributed by atoms with Gasteiger partial charge in [0.1, 0.15) is 17.5 Å². The van der Waals surface area contributed by atoms with E-state index in [2.05, 4.69) is 48.9 Å². The van der Waals surface area contributed by atoms with E-state index in [-0.39, 0.29) is 6.10 Å². The number of hydrogen-bond acceptors (Lipinski definition) is 7. The summed E-state index contributed by atoms with van der Waals surface area (Å²) in [6, 6.07) is 17.0. The Kier molecular flexibility index (Phi) is 7.02. The van der Waals surface area contributed by atoms with Crippen LogP contribution in [0.5, 0.6) is 11.5 Å². The quantitative estimate of drug-likeness (QED) is 0.188. The molecule has 3 aliphatic heterocycles. The molecule has 9 rings (SSSR count). The van der Waals surface area contributed by atoms with Crippen molar-refractivity contribution < 1.29 is 18.6 Å². The lowest BCUT2D eigenvalue weighted by Crippen LogP contribution is -2.35. The lowest BCUT2D eigenvalue weighted by Gasteiger charge is -2.33. The normalized spacial score (nSPS) is 23.0. The summed E-state index contributed by atoms with van der Waals surface area (Å²) in [7, 11) is 0. The third kappa shape index (κ3) is 5.36. The largest absolute Gasteiger partial charge is 0.444 e. The van der Waals surface area contributed by atoms with Crippen molar-refractivity contribution in [2.24, 2.45) is 0 Å². The summed E-state index contributed by atoms with van der Waals surface area (Å²) in [4.78, 5) is 11.1. The first-order valence-electron chi connectivity index (χ1n) is 16.6. The molecule has 5 heterocycles. The van der Waals surface area contributed by atoms with Crippen LogP contribution in [0.25, 0.3) is 22.4 Å². The maximum Gasteiger partial charge on any atom is 0.278 e. The SMILES string of the molecule is CC1(c2ccc(Cl)cc2F)Oc2cccc(C3CCN(Cc4nc5cc(-c6nnc(C7CC7)[nH]6)ccc5n4CC4CCO4)CC3)c2O1. The van der Waals surface area contributed by atoms with E-state index in [1.54, 1.807) is 19.1 Å². The molecule has 3 fully saturated rings. The van der Waals surface area contributed by atoms with E-state index in [9.17, 15) is 4.39 Å². The molecule has 11 heteroatoms. The number of hydrogen-bond donors (Lipinski definition) is 1. The Bertz CT molecular complexity index is 1980. The highest BCUT2D eigenvalue weighted by atomic mass is 35.5. The molecule has 0 amide bonds. The molecule has 1 N–H and O–H groups in total. The number of imidazole rings is 1. The van der Waals surface area contributed by atoms with Gasteiger partial charge in [-0.25, -0.2) is 9.37 Å². The van der Waals surface area contributed by atoms with Crippen molar-refractivity contribution in [1.82, 2.24) is 29.6 Å². The number of benzene rings is 3. The Labute approximate surface area is 277 Å². The van der Waals surface area contributed by atoms with Gasteiger partial charge >= 0.3 is 0 Å². The van der Waals surface area contributed by atoms with Gasteiger partial charge in [0.2, 0.25) is 0 Å². The molecular formula is C36H36ClFN6O3. The molecule has 0 bridgehead atoms. The van der Waals surface area contributed by atoms with Gasteiger partial charge in [0.05, 0.1) is 35.8 Å². The molecule has 2 unspecified atom stereocenters. The third-order valence-corrected chi connectivity index (χ3v) is 10.4. The Morgan fingerprint density at radius 3 is 2.60 bits per heavy atom. The lowest BCUT2D eigenvalue weighted by atomic mass is 9.88. The van der Waals surface area contributed by atoms with Crippen LogP contribution in [0.3, 0.4) is 0 Å². The maximum atomic E-state index is 14.9. The minimum absolute atomic E-state index is 0.223. The van der Waals surface area contributed by atoms with Crippen LogP contribution in [0.15, 0.2) is 54.6 Å². The van der Waals surface area contributed by atoms with E-state index in [0.29, 0.717) is 33.9 Å². The Morgan fingerprint density at radius 2 is 1.83 bits per heavy atom. The van der Waals surface area contributed by atoms with Gasteiger partial charge in [-0.1, -0.05) is 23.7 Å². The van der Waals surface area contributed by atoms with Crippen LogP contribution in [0.1, 0.15) is 73.6 Å². The van der Waals surface area contributed by atoms with Crippen molar-refractivity contribution in [1.29, 1.82) is 0 Å². The fourth-order valence-corrected chi connectivity index (χ4v) is 7.43. The van der Waals surface area contributed by atoms with Crippen molar-refractivity contribution in [3.63, 3.8) is 0 Å². The van der Waals surface area contributed by atoms with Crippen molar-refractivity contribution in [3.8, 4) is 22.9 Å². The number of rotatable bonds is 8. The molecule has 2 aromatic heterocycles. The predicted octanol–water partition coefficient (Wildman–Crippen LogP) is 7.30. The molecule has 2 saturated heterocycles. The van der Waals surface area contributed by atoms with E-state index in [4.69, 9.17) is 30.8 Å². The Morgan fingerprint density at radius 1 is 0.979 bits per heavy atom. The number of fused-ring (bicyclic) bond motifs is 2. The highest BCUT2D eigenvalue weighted by Gasteiger charge is 2.43. The number of H-pyrrole nitrogens is 1. The average molecular weight is 655 g/mol. The first kappa shape index (κ1) is 29.2. The summed E-state index contributed by atoms with van der Waals surface area (Å²) in [5.41, 5.74) is 4.52. The van der Waals surface area contributed by atoms with Crippen LogP contribution in [-0.2, 0) is 23.6 Å². The second-order valence-corrected chi connectivity index (χ2v) is 13.9. The molecule has 0 radical (unpaired) electrons. The van der Waals surface area contributed by atoms with Gasteiger partial charge in [0.15, 0.2) is 17.3 Å². The van der Waals surface area contributed by atoms with Crippen LogP contribution in [-0.4, -0.2) is 55.4 Å². The molecule has 5 aromatic rings. The third-order valence-electron chi connectivity index (χ3n) is 10.2. The van der Waals surface area contributed by atoms with Gasteiger partial charge in [0, 0.05) is 35.6 Å². The molecular weight excluding hydrogens is 619 g/mol. The molecule has 242 valence electrons. The summed E-state index contributed by atoms with van der Waals surface area (Å²) >= 11 is 6.01. The van der Waals surface area contributed by atoms with Gasteiger partial charge < -0.3 is 23.8 Å². The van der Waals surface area contributed by atoms with Crippen LogP contribution >= 0.6 is 11.6 Å². The minimum Gasteiger partial charge on any atom is -0.444 e. The van der Waals surface area contributed by atoms with Crippen molar-refractivity contribution in [2.75, 3.05) is 19.7 Å². The highest BCUT2D eigenvalue weighted by Crippen LogP contribution is 2.50. The zero-order chi connectivity index (χ0) is 31.7. The zero-order valence-electron chi connectivity index (χ0n) is 26.2. The van der Waals surface area contributed by atoms with Crippen molar-refractivity contribution in [3.05, 3.63) is 88.2 Å². The van der Waals surface area contributed by atoms with Crippen LogP contribution in [0, 0.1) is 5.82 Å². The fraction of sp³-hybridized carbons (Fsp3) is 0.417. The van der Waals surface area contributed by atoms with E-state index in [0.717, 1.165) is 91.7 Å². The van der Waals surface area contributed by atoms with Crippen LogP contribution < -0.4 is 9.47 Å². The van der Waals surface area contributed by atoms with E-state index < -0.39 is 11.6 Å². The van der Waals surface area contributed by atoms with Crippen LogP contribution in [0.4, 0.5) is 4.39 Å². The topological polar surface area (TPSA) is 90.3 Å². The van der Waals surface area contributed by atoms with Gasteiger partial charge in [-0.3, -0.25) is 4.90 Å². The van der Waals surface area contributed by atoms with Crippen LogP contribution in [0.2, 0.25) is 5.02 Å². The monoisotopic (exact) mass is 654 g/mol. The highest BCUT2D eigenvalue weighted by molar-refractivity contribution is 6.30. The van der Waals surface area contributed by atoms with Gasteiger partial charge in [0.25, 0.3) is 5.79 Å². The second kappa shape index (κ2) is 11.3. The van der Waals surface area contributed by atoms with Gasteiger partial charge in [-0.15, -0.1) is 10.2 Å². The second-order valence-electron chi connectivity index (χ2n) is 13.5. The van der Waals surface area contributed by atoms with Gasteiger partial charge in [-0.05, 0) is 93.6 Å². The molecule has 3 aromatic carbocycles. The van der Waals surface area contributed by atoms with Crippen molar-refractivity contribution >= 4 is 22.6 Å². The Hall–Kier alpha value is -3.99. The lowest BCUT2D eigenvalue weighted by molar-refractivity contribution is -0.0712. The molecule has 1 aliphatic carbocycles. The smallest absolute Gasteiger partial charge is 0.278 e. The standard InChI is InChI=1S/C36H36ClFN6O3/c1-36(27-9-8-24(37)18-28(27)38)46-31-4-2-3-26(33(31)47-36)21-11-14-43(15-12-21)20-32-39-29-17-23(35-40-34(41-42-35)22-5-6-22)7-10-30(29)44(32)19-25-13-16-45-25/h2-4,7-10,17-18,21-22,25H,5-6,11-16,19-20H2,1H3,(H,40,41,42). The number of aromatic amines is 1. The summed E-state index contributed by atoms with van der Waals surface area (Å²) in [6.07, 6.45) is 5.60. The van der Waals surface area contributed by atoms with E-state index in [1.807, 2.05) is 12.1 Å². The number of halogens is 2. The summed E-state index contributed by atoms with van der Waals surface area (Å²) in [6.45, 7) is 5.99. The minimum atomic E-state index is -1.26. The number of nitrogens with zero attached hydrogens (tertiary/aromatic N) is 5. The number of aromatic nitrogens is 5. The molecule has 1 saturated carbocycles. The Balaban J connectivity index is 0.926. The number of para-hydroxylation sites is 1. The number of likely N-dealkylation sites (tertiary alicyclic amines) is 1. The van der Waals surface area contributed by atoms with Gasteiger partial charge in [-0.2, -0.15) is 0 Å². The molecule has 4 aliphatic rings.